The Morgan fingerprint density at radius 3 is 3.00 bits per heavy atom. The van der Waals surface area contributed by atoms with Crippen molar-refractivity contribution in [1.82, 2.24) is 5.32 Å². The van der Waals surface area contributed by atoms with Gasteiger partial charge in [0.2, 0.25) is 5.91 Å². The summed E-state index contributed by atoms with van der Waals surface area (Å²) >= 11 is 0. The number of carbonyl (C=O) groups excluding carboxylic acids is 1. The van der Waals surface area contributed by atoms with Crippen molar-refractivity contribution in [2.45, 2.75) is 37.8 Å². The van der Waals surface area contributed by atoms with Gasteiger partial charge in [-0.3, -0.25) is 4.79 Å². The van der Waals surface area contributed by atoms with Crippen LogP contribution in [0.5, 0.6) is 0 Å². The van der Waals surface area contributed by atoms with Gasteiger partial charge in [-0.05, 0) is 37.0 Å². The summed E-state index contributed by atoms with van der Waals surface area (Å²) < 4.78 is 5.29. The van der Waals surface area contributed by atoms with Gasteiger partial charge in [-0.25, -0.2) is 0 Å². The minimum atomic E-state index is 0.0577. The van der Waals surface area contributed by atoms with E-state index in [-0.39, 0.29) is 11.9 Å². The van der Waals surface area contributed by atoms with E-state index in [0.29, 0.717) is 18.2 Å². The van der Waals surface area contributed by atoms with E-state index >= 15 is 0 Å². The van der Waals surface area contributed by atoms with Crippen LogP contribution in [0.15, 0.2) is 24.3 Å². The number of carbonyl (C=O) groups is 1. The highest BCUT2D eigenvalue weighted by Crippen LogP contribution is 2.21. The van der Waals surface area contributed by atoms with E-state index in [2.05, 4.69) is 5.32 Å². The first kappa shape index (κ1) is 12.9. The van der Waals surface area contributed by atoms with E-state index in [4.69, 9.17) is 10.5 Å². The number of anilines is 1. The van der Waals surface area contributed by atoms with Gasteiger partial charge in [0.05, 0.1) is 12.5 Å². The number of methoxy groups -OCH3 is 1. The van der Waals surface area contributed by atoms with Crippen LogP contribution in [0.4, 0.5) is 5.69 Å². The number of hydrogen-bond acceptors (Lipinski definition) is 3. The first-order valence-electron chi connectivity index (χ1n) is 6.34. The second kappa shape index (κ2) is 5.87. The number of amides is 1. The molecule has 1 aliphatic rings. The average molecular weight is 248 g/mol. The first-order chi connectivity index (χ1) is 8.67. The van der Waals surface area contributed by atoms with Crippen molar-refractivity contribution in [2.75, 3.05) is 12.8 Å². The quantitative estimate of drug-likeness (QED) is 0.794. The third kappa shape index (κ3) is 3.47. The van der Waals surface area contributed by atoms with Gasteiger partial charge in [-0.1, -0.05) is 12.1 Å². The molecule has 2 rings (SSSR count). The molecule has 3 N–H and O–H groups in total. The Labute approximate surface area is 108 Å². The molecule has 1 amide bonds. The highest BCUT2D eigenvalue weighted by Gasteiger charge is 2.25. The summed E-state index contributed by atoms with van der Waals surface area (Å²) in [6.45, 7) is 0. The van der Waals surface area contributed by atoms with Crippen LogP contribution in [0, 0.1) is 0 Å². The van der Waals surface area contributed by atoms with Crippen molar-refractivity contribution in [1.29, 1.82) is 0 Å². The molecule has 0 saturated heterocycles. The van der Waals surface area contributed by atoms with Crippen LogP contribution in [0.2, 0.25) is 0 Å². The molecule has 0 radical (unpaired) electrons. The highest BCUT2D eigenvalue weighted by atomic mass is 16.5. The maximum absolute atomic E-state index is 11.9. The summed E-state index contributed by atoms with van der Waals surface area (Å²) in [6.07, 6.45) is 3.63. The summed E-state index contributed by atoms with van der Waals surface area (Å²) in [5.41, 5.74) is 7.33. The predicted molar refractivity (Wildman–Crippen MR) is 71.1 cm³/mol. The standard InChI is InChI=1S/C14H20N2O2/c1-18-13-6-5-12(9-13)16-14(17)8-10-3-2-4-11(15)7-10/h2-4,7,12-13H,5-6,8-9,15H2,1H3,(H,16,17). The van der Waals surface area contributed by atoms with Crippen molar-refractivity contribution in [2.24, 2.45) is 0 Å². The van der Waals surface area contributed by atoms with Gasteiger partial charge in [0.15, 0.2) is 0 Å². The molecule has 18 heavy (non-hydrogen) atoms. The Morgan fingerprint density at radius 1 is 1.50 bits per heavy atom. The molecule has 0 heterocycles. The van der Waals surface area contributed by atoms with Gasteiger partial charge in [-0.15, -0.1) is 0 Å². The Hall–Kier alpha value is -1.55. The Bertz CT molecular complexity index is 420. The molecule has 1 aromatic carbocycles. The molecule has 2 atom stereocenters. The van der Waals surface area contributed by atoms with Gasteiger partial charge in [0.1, 0.15) is 0 Å². The lowest BCUT2D eigenvalue weighted by molar-refractivity contribution is -0.121. The minimum Gasteiger partial charge on any atom is -0.399 e. The zero-order valence-electron chi connectivity index (χ0n) is 10.7. The number of ether oxygens (including phenoxy) is 1. The van der Waals surface area contributed by atoms with Crippen LogP contribution in [0.1, 0.15) is 24.8 Å². The maximum Gasteiger partial charge on any atom is 0.224 e. The highest BCUT2D eigenvalue weighted by molar-refractivity contribution is 5.79. The van der Waals surface area contributed by atoms with E-state index in [1.165, 1.54) is 0 Å². The molecule has 0 bridgehead atoms. The van der Waals surface area contributed by atoms with Crippen molar-refractivity contribution in [3.63, 3.8) is 0 Å². The fourth-order valence-electron chi connectivity index (χ4n) is 2.45. The normalized spacial score (nSPS) is 22.9. The molecule has 0 spiro atoms. The monoisotopic (exact) mass is 248 g/mol. The lowest BCUT2D eigenvalue weighted by atomic mass is 10.1. The van der Waals surface area contributed by atoms with E-state index in [0.717, 1.165) is 24.8 Å². The third-order valence-electron chi connectivity index (χ3n) is 3.40. The summed E-state index contributed by atoms with van der Waals surface area (Å²) in [5, 5.41) is 3.05. The zero-order valence-corrected chi connectivity index (χ0v) is 10.7. The SMILES string of the molecule is COC1CCC(NC(=O)Cc2cccc(N)c2)C1. The van der Waals surface area contributed by atoms with Crippen LogP contribution in [-0.4, -0.2) is 25.2 Å². The number of nitrogens with one attached hydrogen (secondary N) is 1. The second-order valence-electron chi connectivity index (χ2n) is 4.86. The van der Waals surface area contributed by atoms with E-state index in [9.17, 15) is 4.79 Å². The smallest absolute Gasteiger partial charge is 0.224 e. The molecular weight excluding hydrogens is 228 g/mol. The lowest BCUT2D eigenvalue weighted by Gasteiger charge is -2.13. The van der Waals surface area contributed by atoms with Crippen LogP contribution in [-0.2, 0) is 16.0 Å². The molecule has 1 saturated carbocycles. The Balaban J connectivity index is 1.82. The first-order valence-corrected chi connectivity index (χ1v) is 6.34. The summed E-state index contributed by atoms with van der Waals surface area (Å²) in [5.74, 6) is 0.0577. The number of rotatable bonds is 4. The molecule has 4 nitrogen and oxygen atoms in total. The maximum atomic E-state index is 11.9. The number of hydrogen-bond donors (Lipinski definition) is 2. The summed E-state index contributed by atoms with van der Waals surface area (Å²) in [6, 6.07) is 7.70. The van der Waals surface area contributed by atoms with Gasteiger partial charge in [-0.2, -0.15) is 0 Å². The van der Waals surface area contributed by atoms with Crippen LogP contribution in [0.25, 0.3) is 0 Å². The minimum absolute atomic E-state index is 0.0577. The van der Waals surface area contributed by atoms with Gasteiger partial charge < -0.3 is 15.8 Å². The average Bonchev–Trinajstić information content (AvgIpc) is 2.76. The number of benzene rings is 1. The number of nitrogens with two attached hydrogens (primary N) is 1. The molecule has 98 valence electrons. The Morgan fingerprint density at radius 2 is 2.33 bits per heavy atom. The zero-order chi connectivity index (χ0) is 13.0. The van der Waals surface area contributed by atoms with E-state index in [1.54, 1.807) is 7.11 Å². The fourth-order valence-corrected chi connectivity index (χ4v) is 2.45. The predicted octanol–water partition coefficient (Wildman–Crippen LogP) is 1.49. The van der Waals surface area contributed by atoms with Crippen LogP contribution >= 0.6 is 0 Å². The summed E-state index contributed by atoms with van der Waals surface area (Å²) in [7, 11) is 1.72. The molecule has 0 aromatic heterocycles. The molecule has 1 aromatic rings. The van der Waals surface area contributed by atoms with Crippen molar-refractivity contribution in [3.05, 3.63) is 29.8 Å². The molecule has 1 aliphatic carbocycles. The van der Waals surface area contributed by atoms with Crippen molar-refractivity contribution < 1.29 is 9.53 Å². The van der Waals surface area contributed by atoms with Gasteiger partial charge >= 0.3 is 0 Å². The molecule has 4 heteroatoms. The molecule has 1 fully saturated rings. The second-order valence-corrected chi connectivity index (χ2v) is 4.86. The van der Waals surface area contributed by atoms with Crippen molar-refractivity contribution >= 4 is 11.6 Å². The van der Waals surface area contributed by atoms with Crippen LogP contribution in [0.3, 0.4) is 0 Å². The Kier molecular flexibility index (Phi) is 4.20. The molecule has 2 unspecified atom stereocenters. The molecular formula is C14H20N2O2. The van der Waals surface area contributed by atoms with Gasteiger partial charge in [0, 0.05) is 18.8 Å². The van der Waals surface area contributed by atoms with E-state index in [1.807, 2.05) is 24.3 Å². The topological polar surface area (TPSA) is 64.3 Å². The number of nitrogen functional groups attached to an aromatic ring is 1. The van der Waals surface area contributed by atoms with E-state index < -0.39 is 0 Å². The van der Waals surface area contributed by atoms with Gasteiger partial charge in [0.25, 0.3) is 0 Å². The molecule has 0 aliphatic heterocycles. The largest absolute Gasteiger partial charge is 0.399 e. The van der Waals surface area contributed by atoms with Crippen LogP contribution < -0.4 is 11.1 Å². The van der Waals surface area contributed by atoms with Crippen molar-refractivity contribution in [3.8, 4) is 0 Å². The lowest BCUT2D eigenvalue weighted by Crippen LogP contribution is -2.34. The third-order valence-corrected chi connectivity index (χ3v) is 3.40. The summed E-state index contributed by atoms with van der Waals surface area (Å²) in [4.78, 5) is 11.9. The fraction of sp³-hybridized carbons (Fsp3) is 0.500.